The Balaban J connectivity index is 1.83. The zero-order valence-electron chi connectivity index (χ0n) is 17.9. The lowest BCUT2D eigenvalue weighted by molar-refractivity contribution is -0.137. The van der Waals surface area contributed by atoms with E-state index < -0.39 is 28.7 Å². The molecule has 0 aromatic heterocycles. The summed E-state index contributed by atoms with van der Waals surface area (Å²) in [7, 11) is 1.60. The molecule has 0 atom stereocenters. The van der Waals surface area contributed by atoms with Crippen LogP contribution in [0.2, 0.25) is 0 Å². The second kappa shape index (κ2) is 8.79. The average Bonchev–Trinajstić information content (AvgIpc) is 2.92. The lowest BCUT2D eigenvalue weighted by atomic mass is 10.0. The predicted octanol–water partition coefficient (Wildman–Crippen LogP) is 4.93. The van der Waals surface area contributed by atoms with E-state index in [0.717, 1.165) is 34.8 Å². The smallest absolute Gasteiger partial charge is 0.417 e. The van der Waals surface area contributed by atoms with Crippen LogP contribution in [0, 0.1) is 11.3 Å². The molecule has 32 heavy (non-hydrogen) atoms. The number of halogens is 3. The predicted molar refractivity (Wildman–Crippen MR) is 118 cm³/mol. The summed E-state index contributed by atoms with van der Waals surface area (Å²) in [6.07, 6.45) is -3.33. The molecule has 168 valence electrons. The van der Waals surface area contributed by atoms with E-state index in [1.165, 1.54) is 6.07 Å². The molecule has 5 nitrogen and oxygen atoms in total. The molecule has 0 unspecified atom stereocenters. The maximum Gasteiger partial charge on any atom is 0.417 e. The number of anilines is 1. The van der Waals surface area contributed by atoms with Crippen molar-refractivity contribution in [3.05, 3.63) is 59.2 Å². The molecule has 0 radical (unpaired) electrons. The quantitative estimate of drug-likeness (QED) is 0.571. The van der Waals surface area contributed by atoms with E-state index in [9.17, 15) is 18.0 Å². The van der Waals surface area contributed by atoms with E-state index in [4.69, 9.17) is 22.2 Å². The average molecular weight is 462 g/mol. The Hall–Kier alpha value is -3.12. The minimum Gasteiger partial charge on any atom is -0.497 e. The van der Waals surface area contributed by atoms with Crippen LogP contribution in [0.5, 0.6) is 5.75 Å². The van der Waals surface area contributed by atoms with Gasteiger partial charge in [0.05, 0.1) is 30.0 Å². The van der Waals surface area contributed by atoms with Gasteiger partial charge in [-0.25, -0.2) is 0 Å². The van der Waals surface area contributed by atoms with E-state index in [1.807, 2.05) is 24.3 Å². The lowest BCUT2D eigenvalue weighted by Crippen LogP contribution is -2.44. The maximum atomic E-state index is 13.4. The van der Waals surface area contributed by atoms with E-state index in [0.29, 0.717) is 13.0 Å². The molecule has 2 aromatic carbocycles. The van der Waals surface area contributed by atoms with Crippen molar-refractivity contribution in [1.82, 2.24) is 4.90 Å². The van der Waals surface area contributed by atoms with Crippen LogP contribution in [0.25, 0.3) is 0 Å². The van der Waals surface area contributed by atoms with Crippen LogP contribution >= 0.6 is 12.2 Å². The summed E-state index contributed by atoms with van der Waals surface area (Å²) in [6, 6.07) is 12.4. The van der Waals surface area contributed by atoms with Crippen LogP contribution in [0.15, 0.2) is 42.5 Å². The molecule has 9 heteroatoms. The van der Waals surface area contributed by atoms with Crippen LogP contribution < -0.4 is 9.64 Å². The Morgan fingerprint density at radius 3 is 2.53 bits per heavy atom. The van der Waals surface area contributed by atoms with Crippen molar-refractivity contribution >= 4 is 28.9 Å². The monoisotopic (exact) mass is 461 g/mol. The number of nitrogens with zero attached hydrogens (tertiary/aromatic N) is 3. The van der Waals surface area contributed by atoms with Gasteiger partial charge >= 0.3 is 6.18 Å². The van der Waals surface area contributed by atoms with Crippen molar-refractivity contribution < 1.29 is 22.7 Å². The second-order valence-corrected chi connectivity index (χ2v) is 8.29. The van der Waals surface area contributed by atoms with E-state index in [1.54, 1.807) is 31.9 Å². The summed E-state index contributed by atoms with van der Waals surface area (Å²) in [5.74, 6) is 0.337. The van der Waals surface area contributed by atoms with Crippen molar-refractivity contribution in [1.29, 1.82) is 5.26 Å². The number of thiocarbonyl (C=S) groups is 1. The lowest BCUT2D eigenvalue weighted by Gasteiger charge is -2.29. The molecule has 3 rings (SSSR count). The Morgan fingerprint density at radius 1 is 1.19 bits per heavy atom. The second-order valence-electron chi connectivity index (χ2n) is 7.93. The molecule has 1 amide bonds. The minimum atomic E-state index is -4.72. The number of nitriles is 1. The van der Waals surface area contributed by atoms with Gasteiger partial charge in [-0.3, -0.25) is 9.69 Å². The SMILES string of the molecule is COc1cccc(CCCN2C(=S)N(c3ccc(C#N)c(C(F)(F)F)c3)C(=O)C2(C)C)c1. The van der Waals surface area contributed by atoms with Gasteiger partial charge in [0, 0.05) is 6.54 Å². The molecule has 1 heterocycles. The first-order valence-corrected chi connectivity index (χ1v) is 10.3. The standard InChI is InChI=1S/C23H22F3N3O2S/c1-22(2)20(30)29(17-10-9-16(14-27)19(13-17)23(24,25)26)21(32)28(22)11-5-7-15-6-4-8-18(12-15)31-3/h4,6,8-10,12-13H,5,7,11H2,1-3H3. The summed E-state index contributed by atoms with van der Waals surface area (Å²) in [5.41, 5.74) is -1.56. The number of hydrogen-bond donors (Lipinski definition) is 0. The number of aryl methyl sites for hydroxylation is 1. The number of benzene rings is 2. The van der Waals surface area contributed by atoms with Gasteiger partial charge in [0.1, 0.15) is 11.3 Å². The summed E-state index contributed by atoms with van der Waals surface area (Å²) < 4.78 is 45.4. The van der Waals surface area contributed by atoms with Gasteiger partial charge in [-0.2, -0.15) is 18.4 Å². The number of amides is 1. The number of hydrogen-bond acceptors (Lipinski definition) is 4. The van der Waals surface area contributed by atoms with E-state index >= 15 is 0 Å². The first-order chi connectivity index (χ1) is 15.0. The molecule has 1 fully saturated rings. The highest BCUT2D eigenvalue weighted by atomic mass is 32.1. The summed E-state index contributed by atoms with van der Waals surface area (Å²) in [6.45, 7) is 3.84. The highest BCUT2D eigenvalue weighted by molar-refractivity contribution is 7.80. The first kappa shape index (κ1) is 23.5. The molecule has 0 aliphatic carbocycles. The molecular formula is C23H22F3N3O2S. The number of rotatable bonds is 6. The van der Waals surface area contributed by atoms with Gasteiger partial charge in [-0.05, 0) is 74.8 Å². The third kappa shape index (κ3) is 4.41. The minimum absolute atomic E-state index is 0.00491. The molecular weight excluding hydrogens is 439 g/mol. The Kier molecular flexibility index (Phi) is 6.46. The molecule has 1 aliphatic heterocycles. The molecule has 0 bridgehead atoms. The van der Waals surface area contributed by atoms with Crippen molar-refractivity contribution in [3.8, 4) is 11.8 Å². The topological polar surface area (TPSA) is 56.6 Å². The summed E-state index contributed by atoms with van der Waals surface area (Å²) >= 11 is 5.50. The maximum absolute atomic E-state index is 13.4. The highest BCUT2D eigenvalue weighted by Crippen LogP contribution is 2.38. The highest BCUT2D eigenvalue weighted by Gasteiger charge is 2.49. The van der Waals surface area contributed by atoms with Crippen LogP contribution in [0.3, 0.4) is 0 Å². The van der Waals surface area contributed by atoms with Gasteiger partial charge in [-0.1, -0.05) is 12.1 Å². The summed E-state index contributed by atoms with van der Waals surface area (Å²) in [4.78, 5) is 16.0. The van der Waals surface area contributed by atoms with Gasteiger partial charge < -0.3 is 9.64 Å². The van der Waals surface area contributed by atoms with Gasteiger partial charge in [-0.15, -0.1) is 0 Å². The van der Waals surface area contributed by atoms with Crippen molar-refractivity contribution in [3.63, 3.8) is 0 Å². The number of ether oxygens (including phenoxy) is 1. The van der Waals surface area contributed by atoms with Crippen molar-refractivity contribution in [2.24, 2.45) is 0 Å². The molecule has 0 N–H and O–H groups in total. The fraction of sp³-hybridized carbons (Fsp3) is 0.348. The van der Waals surface area contributed by atoms with E-state index in [-0.39, 0.29) is 10.8 Å². The molecule has 1 saturated heterocycles. The fourth-order valence-electron chi connectivity index (χ4n) is 3.71. The van der Waals surface area contributed by atoms with E-state index in [2.05, 4.69) is 0 Å². The van der Waals surface area contributed by atoms with Crippen LogP contribution in [-0.2, 0) is 17.4 Å². The fourth-order valence-corrected chi connectivity index (χ4v) is 4.22. The molecule has 2 aromatic rings. The summed E-state index contributed by atoms with van der Waals surface area (Å²) in [5, 5.41) is 9.16. The van der Waals surface area contributed by atoms with Crippen LogP contribution in [-0.4, -0.2) is 35.1 Å². The van der Waals surface area contributed by atoms with Gasteiger partial charge in [0.2, 0.25) is 0 Å². The number of carbonyl (C=O) groups excluding carboxylic acids is 1. The molecule has 1 aliphatic rings. The molecule has 0 spiro atoms. The largest absolute Gasteiger partial charge is 0.497 e. The van der Waals surface area contributed by atoms with Crippen molar-refractivity contribution in [2.75, 3.05) is 18.6 Å². The first-order valence-electron chi connectivity index (χ1n) is 9.91. The molecule has 0 saturated carbocycles. The number of carbonyl (C=O) groups is 1. The normalized spacial score (nSPS) is 15.8. The zero-order chi connectivity index (χ0) is 23.7. The Labute approximate surface area is 190 Å². The Bertz CT molecular complexity index is 1090. The number of methoxy groups -OCH3 is 1. The Morgan fingerprint density at radius 2 is 1.91 bits per heavy atom. The third-order valence-corrected chi connectivity index (χ3v) is 5.89. The number of alkyl halides is 3. The third-order valence-electron chi connectivity index (χ3n) is 5.49. The van der Waals surface area contributed by atoms with Gasteiger partial charge in [0.15, 0.2) is 5.11 Å². The van der Waals surface area contributed by atoms with Crippen molar-refractivity contribution in [2.45, 2.75) is 38.4 Å². The van der Waals surface area contributed by atoms with Crippen LogP contribution in [0.4, 0.5) is 18.9 Å². The van der Waals surface area contributed by atoms with Gasteiger partial charge in [0.25, 0.3) is 5.91 Å². The van der Waals surface area contributed by atoms with Crippen LogP contribution in [0.1, 0.15) is 37.0 Å². The zero-order valence-corrected chi connectivity index (χ0v) is 18.7.